The molecule has 2 heteroatoms. The van der Waals surface area contributed by atoms with Gasteiger partial charge in [0.15, 0.2) is 0 Å². The number of aromatic nitrogens is 1. The van der Waals surface area contributed by atoms with E-state index in [1.54, 1.807) is 0 Å². The Balaban J connectivity index is 1.20. The molecule has 0 spiro atoms. The average molecular weight is 781 g/mol. The summed E-state index contributed by atoms with van der Waals surface area (Å²) in [4.78, 5) is 2.35. The molecule has 10 aromatic rings. The van der Waals surface area contributed by atoms with Crippen LogP contribution in [0.3, 0.4) is 0 Å². The Kier molecular flexibility index (Phi) is 10.0. The fourth-order valence-corrected chi connectivity index (χ4v) is 8.94. The van der Waals surface area contributed by atoms with Crippen LogP contribution in [0.15, 0.2) is 243 Å². The summed E-state index contributed by atoms with van der Waals surface area (Å²) in [6.07, 6.45) is 8.09. The van der Waals surface area contributed by atoms with Gasteiger partial charge >= 0.3 is 0 Å². The highest BCUT2D eigenvalue weighted by atomic mass is 15.1. The van der Waals surface area contributed by atoms with Gasteiger partial charge < -0.3 is 9.30 Å². The van der Waals surface area contributed by atoms with Gasteiger partial charge in [-0.25, -0.2) is 0 Å². The second-order valence-electron chi connectivity index (χ2n) is 15.3. The van der Waals surface area contributed by atoms with E-state index in [4.69, 9.17) is 0 Å². The van der Waals surface area contributed by atoms with Gasteiger partial charge in [0, 0.05) is 39.0 Å². The van der Waals surface area contributed by atoms with Crippen molar-refractivity contribution in [3.63, 3.8) is 0 Å². The molecule has 0 bridgehead atoms. The van der Waals surface area contributed by atoms with Gasteiger partial charge in [-0.2, -0.15) is 0 Å². The Morgan fingerprint density at radius 3 is 1.49 bits per heavy atom. The van der Waals surface area contributed by atoms with Crippen LogP contribution in [-0.2, 0) is 0 Å². The number of hydrogen-bond donors (Lipinski definition) is 0. The lowest BCUT2D eigenvalue weighted by Gasteiger charge is -2.26. The van der Waals surface area contributed by atoms with Crippen molar-refractivity contribution in [1.82, 2.24) is 4.40 Å². The number of rotatable bonds is 10. The van der Waals surface area contributed by atoms with Crippen molar-refractivity contribution in [2.45, 2.75) is 6.92 Å². The second kappa shape index (κ2) is 16.4. The minimum Gasteiger partial charge on any atom is -0.311 e. The summed E-state index contributed by atoms with van der Waals surface area (Å²) in [7, 11) is 0. The number of pyridine rings is 1. The number of anilines is 3. The van der Waals surface area contributed by atoms with Crippen LogP contribution in [0.5, 0.6) is 0 Å². The van der Waals surface area contributed by atoms with Crippen molar-refractivity contribution in [2.75, 3.05) is 4.90 Å². The predicted molar refractivity (Wildman–Crippen MR) is 262 cm³/mol. The van der Waals surface area contributed by atoms with Crippen molar-refractivity contribution in [3.05, 3.63) is 249 Å². The van der Waals surface area contributed by atoms with Crippen molar-refractivity contribution in [1.29, 1.82) is 0 Å². The Morgan fingerprint density at radius 2 is 0.902 bits per heavy atom. The number of hydrogen-bond acceptors (Lipinski definition) is 1. The topological polar surface area (TPSA) is 7.65 Å². The molecule has 0 aliphatic rings. The predicted octanol–water partition coefficient (Wildman–Crippen LogP) is 16.5. The fraction of sp³-hybridized carbons (Fsp3) is 0.0169. The van der Waals surface area contributed by atoms with E-state index < -0.39 is 0 Å². The summed E-state index contributed by atoms with van der Waals surface area (Å²) < 4.78 is 2.52. The van der Waals surface area contributed by atoms with Gasteiger partial charge in [-0.1, -0.05) is 201 Å². The average Bonchev–Trinajstić information content (AvgIpc) is 3.70. The summed E-state index contributed by atoms with van der Waals surface area (Å²) in [5, 5.41) is 3.70. The van der Waals surface area contributed by atoms with E-state index in [0.717, 1.165) is 33.8 Å². The molecule has 61 heavy (non-hydrogen) atoms. The number of nitrogens with zero attached hydrogens (tertiary/aromatic N) is 2. The maximum Gasteiger partial charge on any atom is 0.0626 e. The third-order valence-electron chi connectivity index (χ3n) is 11.6. The van der Waals surface area contributed by atoms with E-state index in [0.29, 0.717) is 0 Å². The molecule has 0 atom stereocenters. The lowest BCUT2D eigenvalue weighted by molar-refractivity contribution is 1.28. The molecule has 0 N–H and O–H groups in total. The molecule has 0 radical (unpaired) electrons. The summed E-state index contributed by atoms with van der Waals surface area (Å²) in [6, 6.07) is 77.0. The molecule has 0 aliphatic carbocycles. The molecule has 10 rings (SSSR count). The first kappa shape index (κ1) is 37.3. The molecule has 0 saturated heterocycles. The molecule has 0 aliphatic heterocycles. The highest BCUT2D eigenvalue weighted by Crippen LogP contribution is 2.49. The van der Waals surface area contributed by atoms with Crippen LogP contribution in [0.25, 0.3) is 77.4 Å². The van der Waals surface area contributed by atoms with Gasteiger partial charge in [0.05, 0.1) is 16.7 Å². The van der Waals surface area contributed by atoms with Gasteiger partial charge in [-0.05, 0) is 93.7 Å². The Bertz CT molecular complexity index is 3210. The van der Waals surface area contributed by atoms with Gasteiger partial charge in [0.25, 0.3) is 0 Å². The summed E-state index contributed by atoms with van der Waals surface area (Å²) in [6.45, 7) is 6.00. The van der Waals surface area contributed by atoms with Gasteiger partial charge in [-0.15, -0.1) is 0 Å². The minimum absolute atomic E-state index is 1.07. The van der Waals surface area contributed by atoms with E-state index >= 15 is 0 Å². The van der Waals surface area contributed by atoms with E-state index in [-0.39, 0.29) is 0 Å². The van der Waals surface area contributed by atoms with Crippen LogP contribution in [-0.4, -0.2) is 4.40 Å². The van der Waals surface area contributed by atoms with Crippen LogP contribution in [0.2, 0.25) is 0 Å². The number of allylic oxidation sites excluding steroid dienone is 5. The Labute approximate surface area is 358 Å². The van der Waals surface area contributed by atoms with E-state index in [2.05, 4.69) is 246 Å². The molecule has 2 aromatic heterocycles. The minimum atomic E-state index is 1.07. The first-order chi connectivity index (χ1) is 30.2. The number of benzene rings is 8. The van der Waals surface area contributed by atoms with Crippen LogP contribution in [0.4, 0.5) is 17.1 Å². The van der Waals surface area contributed by atoms with Gasteiger partial charge in [0.2, 0.25) is 0 Å². The standard InChI is InChI=1S/C59H44N2/c1-3-18-42(19-4-2)44-30-36-49(37-31-44)60(50-38-32-45(33-39-50)43-20-8-5-9-21-43)51-40-34-47(35-41-51)57-56(46-22-10-6-11-23-46)58(48-24-12-7-13-25-48)61-55-29-17-16-27-53(55)52-26-14-15-28-54(52)59(57)61/h3-41H,1H2,2H3/b19-4-,42-18+. The van der Waals surface area contributed by atoms with Crippen LogP contribution in [0, 0.1) is 0 Å². The van der Waals surface area contributed by atoms with Crippen molar-refractivity contribution in [3.8, 4) is 44.6 Å². The monoisotopic (exact) mass is 780 g/mol. The highest BCUT2D eigenvalue weighted by Gasteiger charge is 2.26. The molecule has 0 amide bonds. The summed E-state index contributed by atoms with van der Waals surface area (Å²) in [5.41, 5.74) is 17.4. The zero-order chi connectivity index (χ0) is 41.1. The zero-order valence-electron chi connectivity index (χ0n) is 34.1. The third-order valence-corrected chi connectivity index (χ3v) is 11.6. The SMILES string of the molecule is C=C/C=C(\C=C/C)c1ccc(N(c2ccc(-c3ccccc3)cc2)c2ccc(-c3c(-c4ccccc4)c(-c4ccccc4)n4c5ccccc5c5ccccc5c34)cc2)cc1. The van der Waals surface area contributed by atoms with Crippen LogP contribution >= 0.6 is 0 Å². The fourth-order valence-electron chi connectivity index (χ4n) is 8.94. The zero-order valence-corrected chi connectivity index (χ0v) is 34.1. The largest absolute Gasteiger partial charge is 0.311 e. The summed E-state index contributed by atoms with van der Waals surface area (Å²) >= 11 is 0. The van der Waals surface area contributed by atoms with Gasteiger partial charge in [0.1, 0.15) is 0 Å². The van der Waals surface area contributed by atoms with Crippen molar-refractivity contribution < 1.29 is 0 Å². The smallest absolute Gasteiger partial charge is 0.0626 e. The first-order valence-corrected chi connectivity index (χ1v) is 20.9. The van der Waals surface area contributed by atoms with Crippen LogP contribution < -0.4 is 4.90 Å². The molecular formula is C59H44N2. The van der Waals surface area contributed by atoms with E-state index in [9.17, 15) is 0 Å². The van der Waals surface area contributed by atoms with Gasteiger partial charge in [-0.3, -0.25) is 0 Å². The lowest BCUT2D eigenvalue weighted by atomic mass is 9.92. The second-order valence-corrected chi connectivity index (χ2v) is 15.3. The molecule has 290 valence electrons. The summed E-state index contributed by atoms with van der Waals surface area (Å²) in [5.74, 6) is 0. The highest BCUT2D eigenvalue weighted by molar-refractivity contribution is 6.20. The van der Waals surface area contributed by atoms with E-state index in [1.807, 2.05) is 13.0 Å². The van der Waals surface area contributed by atoms with Crippen molar-refractivity contribution >= 4 is 49.8 Å². The van der Waals surface area contributed by atoms with Crippen LogP contribution in [0.1, 0.15) is 12.5 Å². The molecule has 0 saturated carbocycles. The Hall–Kier alpha value is -7.94. The normalized spacial score (nSPS) is 11.8. The number of fused-ring (bicyclic) bond motifs is 6. The first-order valence-electron chi connectivity index (χ1n) is 20.9. The van der Waals surface area contributed by atoms with Crippen molar-refractivity contribution in [2.24, 2.45) is 0 Å². The third kappa shape index (κ3) is 6.84. The molecule has 0 fully saturated rings. The molecule has 0 unspecified atom stereocenters. The molecule has 2 nitrogen and oxygen atoms in total. The quantitative estimate of drug-likeness (QED) is 0.0991. The maximum absolute atomic E-state index is 3.96. The maximum atomic E-state index is 3.96. The van der Waals surface area contributed by atoms with E-state index in [1.165, 1.54) is 66.3 Å². The molecular weight excluding hydrogens is 737 g/mol. The lowest BCUT2D eigenvalue weighted by Crippen LogP contribution is -2.10. The molecule has 8 aromatic carbocycles. The number of para-hydroxylation sites is 1. The Morgan fingerprint density at radius 1 is 0.443 bits per heavy atom. The molecule has 2 heterocycles.